The Morgan fingerprint density at radius 3 is 3.17 bits per heavy atom. The standard InChI is InChI=1S/C13H20N2O2S/c1-10-3-6-18-12(10)7-13(16)15-4-5-17-9-11(15)8-14-2/h3,6,11,14H,4-5,7-9H2,1-2H3. The van der Waals surface area contributed by atoms with Crippen molar-refractivity contribution in [2.45, 2.75) is 19.4 Å². The Morgan fingerprint density at radius 1 is 1.67 bits per heavy atom. The van der Waals surface area contributed by atoms with Gasteiger partial charge in [-0.05, 0) is 31.0 Å². The minimum atomic E-state index is 0.163. The van der Waals surface area contributed by atoms with Gasteiger partial charge in [-0.1, -0.05) is 0 Å². The summed E-state index contributed by atoms with van der Waals surface area (Å²) in [5.41, 5.74) is 1.21. The summed E-state index contributed by atoms with van der Waals surface area (Å²) in [6.07, 6.45) is 0.518. The first kappa shape index (κ1) is 13.5. The summed E-state index contributed by atoms with van der Waals surface area (Å²) in [5.74, 6) is 0.212. The van der Waals surface area contributed by atoms with Crippen LogP contribution >= 0.6 is 11.3 Å². The lowest BCUT2D eigenvalue weighted by Gasteiger charge is -2.35. The predicted octanol–water partition coefficient (Wildman–Crippen LogP) is 1.05. The van der Waals surface area contributed by atoms with E-state index in [1.165, 1.54) is 10.4 Å². The van der Waals surface area contributed by atoms with Crippen molar-refractivity contribution in [1.29, 1.82) is 0 Å². The molecule has 1 unspecified atom stereocenters. The van der Waals surface area contributed by atoms with E-state index in [9.17, 15) is 4.79 Å². The number of carbonyl (C=O) groups excluding carboxylic acids is 1. The van der Waals surface area contributed by atoms with E-state index >= 15 is 0 Å². The van der Waals surface area contributed by atoms with Gasteiger partial charge in [0.2, 0.25) is 5.91 Å². The van der Waals surface area contributed by atoms with Gasteiger partial charge < -0.3 is 15.0 Å². The molecule has 1 atom stereocenters. The molecule has 1 aromatic heterocycles. The van der Waals surface area contributed by atoms with E-state index in [2.05, 4.69) is 18.3 Å². The van der Waals surface area contributed by atoms with Gasteiger partial charge in [0.25, 0.3) is 0 Å². The van der Waals surface area contributed by atoms with Gasteiger partial charge in [-0.15, -0.1) is 11.3 Å². The van der Waals surface area contributed by atoms with Crippen LogP contribution in [0.5, 0.6) is 0 Å². The monoisotopic (exact) mass is 268 g/mol. The molecule has 2 rings (SSSR count). The van der Waals surface area contributed by atoms with Gasteiger partial charge in [0.05, 0.1) is 25.7 Å². The van der Waals surface area contributed by atoms with Crippen molar-refractivity contribution in [1.82, 2.24) is 10.2 Å². The highest BCUT2D eigenvalue weighted by molar-refractivity contribution is 7.10. The molecule has 1 aliphatic rings. The van der Waals surface area contributed by atoms with Crippen LogP contribution in [0.4, 0.5) is 0 Å². The Bertz CT molecular complexity index is 403. The summed E-state index contributed by atoms with van der Waals surface area (Å²) in [5, 5.41) is 5.17. The van der Waals surface area contributed by atoms with Gasteiger partial charge in [-0.2, -0.15) is 0 Å². The lowest BCUT2D eigenvalue weighted by atomic mass is 10.1. The van der Waals surface area contributed by atoms with Crippen LogP contribution in [-0.2, 0) is 16.0 Å². The minimum Gasteiger partial charge on any atom is -0.377 e. The van der Waals surface area contributed by atoms with Gasteiger partial charge in [0.15, 0.2) is 0 Å². The van der Waals surface area contributed by atoms with Crippen LogP contribution < -0.4 is 5.32 Å². The van der Waals surface area contributed by atoms with Gasteiger partial charge in [-0.3, -0.25) is 4.79 Å². The zero-order valence-corrected chi connectivity index (χ0v) is 11.8. The number of morpholine rings is 1. The third kappa shape index (κ3) is 3.10. The van der Waals surface area contributed by atoms with E-state index in [-0.39, 0.29) is 11.9 Å². The molecule has 0 radical (unpaired) electrons. The molecule has 4 nitrogen and oxygen atoms in total. The first-order valence-corrected chi connectivity index (χ1v) is 7.15. The number of nitrogens with one attached hydrogen (secondary N) is 1. The molecule has 1 aliphatic heterocycles. The Kier molecular flexibility index (Phi) is 4.74. The van der Waals surface area contributed by atoms with E-state index in [4.69, 9.17) is 4.74 Å². The summed E-state index contributed by atoms with van der Waals surface area (Å²) < 4.78 is 5.44. The fourth-order valence-corrected chi connectivity index (χ4v) is 3.11. The van der Waals surface area contributed by atoms with E-state index in [1.807, 2.05) is 17.3 Å². The van der Waals surface area contributed by atoms with Crippen LogP contribution in [0, 0.1) is 6.92 Å². The third-order valence-electron chi connectivity index (χ3n) is 3.27. The van der Waals surface area contributed by atoms with Crippen molar-refractivity contribution in [2.75, 3.05) is 33.4 Å². The highest BCUT2D eigenvalue weighted by Gasteiger charge is 2.26. The van der Waals surface area contributed by atoms with Crippen LogP contribution in [-0.4, -0.2) is 50.2 Å². The minimum absolute atomic E-state index is 0.163. The van der Waals surface area contributed by atoms with Crippen molar-refractivity contribution in [3.63, 3.8) is 0 Å². The summed E-state index contributed by atoms with van der Waals surface area (Å²) in [6.45, 7) is 4.83. The SMILES string of the molecule is CNCC1COCCN1C(=O)Cc1sccc1C. The molecule has 5 heteroatoms. The molecule has 1 aromatic rings. The maximum absolute atomic E-state index is 12.4. The Hall–Kier alpha value is -0.910. The van der Waals surface area contributed by atoms with Crippen LogP contribution in [0.1, 0.15) is 10.4 Å². The quantitative estimate of drug-likeness (QED) is 0.887. The lowest BCUT2D eigenvalue weighted by molar-refractivity contribution is -0.138. The van der Waals surface area contributed by atoms with Crippen LogP contribution in [0.2, 0.25) is 0 Å². The summed E-state index contributed by atoms with van der Waals surface area (Å²) in [4.78, 5) is 15.5. The second-order valence-electron chi connectivity index (χ2n) is 4.58. The zero-order chi connectivity index (χ0) is 13.0. The molecule has 100 valence electrons. The van der Waals surface area contributed by atoms with Crippen LogP contribution in [0.25, 0.3) is 0 Å². The number of aryl methyl sites for hydroxylation is 1. The molecule has 1 N–H and O–H groups in total. The molecule has 18 heavy (non-hydrogen) atoms. The maximum atomic E-state index is 12.4. The average Bonchev–Trinajstić information content (AvgIpc) is 2.76. The fraction of sp³-hybridized carbons (Fsp3) is 0.615. The fourth-order valence-electron chi connectivity index (χ4n) is 2.21. The molecular formula is C13H20N2O2S. The van der Waals surface area contributed by atoms with Crippen molar-refractivity contribution < 1.29 is 9.53 Å². The van der Waals surface area contributed by atoms with Gasteiger partial charge in [0.1, 0.15) is 0 Å². The van der Waals surface area contributed by atoms with Crippen molar-refractivity contribution in [3.05, 3.63) is 21.9 Å². The van der Waals surface area contributed by atoms with Gasteiger partial charge in [-0.25, -0.2) is 0 Å². The smallest absolute Gasteiger partial charge is 0.228 e. The van der Waals surface area contributed by atoms with E-state index < -0.39 is 0 Å². The third-order valence-corrected chi connectivity index (χ3v) is 4.29. The van der Waals surface area contributed by atoms with Crippen LogP contribution in [0.15, 0.2) is 11.4 Å². The number of hydrogen-bond acceptors (Lipinski definition) is 4. The number of hydrogen-bond donors (Lipinski definition) is 1. The highest BCUT2D eigenvalue weighted by atomic mass is 32.1. The maximum Gasteiger partial charge on any atom is 0.228 e. The van der Waals surface area contributed by atoms with Gasteiger partial charge >= 0.3 is 0 Å². The molecule has 0 bridgehead atoms. The first-order valence-electron chi connectivity index (χ1n) is 6.27. The van der Waals surface area contributed by atoms with Crippen molar-refractivity contribution >= 4 is 17.2 Å². The predicted molar refractivity (Wildman–Crippen MR) is 73.0 cm³/mol. The average molecular weight is 268 g/mol. The number of rotatable bonds is 4. The number of ether oxygens (including phenoxy) is 1. The van der Waals surface area contributed by atoms with E-state index in [1.54, 1.807) is 11.3 Å². The second-order valence-corrected chi connectivity index (χ2v) is 5.58. The summed E-state index contributed by atoms with van der Waals surface area (Å²) in [7, 11) is 1.90. The molecular weight excluding hydrogens is 248 g/mol. The van der Waals surface area contributed by atoms with Crippen LogP contribution in [0.3, 0.4) is 0 Å². The topological polar surface area (TPSA) is 41.6 Å². The van der Waals surface area contributed by atoms with Crippen molar-refractivity contribution in [3.8, 4) is 0 Å². The normalized spacial score (nSPS) is 20.1. The van der Waals surface area contributed by atoms with Gasteiger partial charge in [0, 0.05) is 18.0 Å². The number of amides is 1. The number of thiophene rings is 1. The Morgan fingerprint density at radius 2 is 2.50 bits per heavy atom. The largest absolute Gasteiger partial charge is 0.377 e. The zero-order valence-electron chi connectivity index (χ0n) is 10.9. The molecule has 1 amide bonds. The molecule has 0 spiro atoms. The Balaban J connectivity index is 2.00. The van der Waals surface area contributed by atoms with E-state index in [0.29, 0.717) is 26.2 Å². The highest BCUT2D eigenvalue weighted by Crippen LogP contribution is 2.18. The van der Waals surface area contributed by atoms with Crippen molar-refractivity contribution in [2.24, 2.45) is 0 Å². The second kappa shape index (κ2) is 6.31. The van der Waals surface area contributed by atoms with E-state index in [0.717, 1.165) is 6.54 Å². The lowest BCUT2D eigenvalue weighted by Crippen LogP contribution is -2.52. The number of likely N-dealkylation sites (N-methyl/N-ethyl adjacent to an activating group) is 1. The molecule has 0 saturated carbocycles. The molecule has 1 saturated heterocycles. The first-order chi connectivity index (χ1) is 8.72. The molecule has 1 fully saturated rings. The summed E-state index contributed by atoms with van der Waals surface area (Å²) in [6, 6.07) is 2.23. The molecule has 2 heterocycles. The molecule has 0 aromatic carbocycles. The molecule has 0 aliphatic carbocycles. The number of nitrogens with zero attached hydrogens (tertiary/aromatic N) is 1. The Labute approximate surface area is 112 Å². The summed E-state index contributed by atoms with van der Waals surface area (Å²) >= 11 is 1.66. The number of carbonyl (C=O) groups is 1.